The van der Waals surface area contributed by atoms with Gasteiger partial charge in [-0.2, -0.15) is 0 Å². The van der Waals surface area contributed by atoms with E-state index in [9.17, 15) is 9.59 Å². The number of hydrogen-bond donors (Lipinski definition) is 0. The van der Waals surface area contributed by atoms with E-state index in [0.717, 1.165) is 0 Å². The maximum absolute atomic E-state index is 12.3. The standard InChI is InChI=1S/C18H16ClNO4/c1-23-14-6-4-5-13(10-14)20-11-12(9-17(20)21)18(22)24-16-8-3-2-7-15(16)19/h2-8,10,12H,9,11H2,1H3/t12-/m1/s1. The van der Waals surface area contributed by atoms with Crippen LogP contribution in [0.2, 0.25) is 5.02 Å². The first-order chi connectivity index (χ1) is 11.6. The van der Waals surface area contributed by atoms with Crippen LogP contribution in [0.15, 0.2) is 48.5 Å². The first-order valence-electron chi connectivity index (χ1n) is 7.49. The summed E-state index contributed by atoms with van der Waals surface area (Å²) in [7, 11) is 1.56. The zero-order chi connectivity index (χ0) is 17.1. The third kappa shape index (κ3) is 3.36. The van der Waals surface area contributed by atoms with Gasteiger partial charge in [0.2, 0.25) is 5.91 Å². The topological polar surface area (TPSA) is 55.8 Å². The average Bonchev–Trinajstić information content (AvgIpc) is 2.99. The van der Waals surface area contributed by atoms with Crippen molar-refractivity contribution < 1.29 is 19.1 Å². The number of ether oxygens (including phenoxy) is 2. The zero-order valence-corrected chi connectivity index (χ0v) is 13.8. The Balaban J connectivity index is 1.72. The molecule has 1 aliphatic rings. The molecule has 2 aromatic rings. The van der Waals surface area contributed by atoms with Gasteiger partial charge >= 0.3 is 5.97 Å². The molecule has 0 spiro atoms. The van der Waals surface area contributed by atoms with Crippen LogP contribution >= 0.6 is 11.6 Å². The lowest BCUT2D eigenvalue weighted by atomic mass is 10.1. The summed E-state index contributed by atoms with van der Waals surface area (Å²) >= 11 is 5.99. The Morgan fingerprint density at radius 1 is 1.21 bits per heavy atom. The second kappa shape index (κ2) is 6.93. The molecule has 0 N–H and O–H groups in total. The highest BCUT2D eigenvalue weighted by molar-refractivity contribution is 6.32. The molecule has 0 saturated carbocycles. The molecule has 0 aliphatic carbocycles. The van der Waals surface area contributed by atoms with Crippen LogP contribution in [0.25, 0.3) is 0 Å². The van der Waals surface area contributed by atoms with Gasteiger partial charge in [-0.1, -0.05) is 29.8 Å². The van der Waals surface area contributed by atoms with E-state index in [1.807, 2.05) is 6.07 Å². The first kappa shape index (κ1) is 16.3. The molecule has 0 unspecified atom stereocenters. The van der Waals surface area contributed by atoms with Gasteiger partial charge in [-0.05, 0) is 24.3 Å². The zero-order valence-electron chi connectivity index (χ0n) is 13.1. The molecule has 124 valence electrons. The van der Waals surface area contributed by atoms with Crippen molar-refractivity contribution in [2.24, 2.45) is 5.92 Å². The van der Waals surface area contributed by atoms with Crippen molar-refractivity contribution >= 4 is 29.2 Å². The summed E-state index contributed by atoms with van der Waals surface area (Å²) < 4.78 is 10.5. The monoisotopic (exact) mass is 345 g/mol. The summed E-state index contributed by atoms with van der Waals surface area (Å²) in [6.45, 7) is 0.273. The van der Waals surface area contributed by atoms with Crippen LogP contribution in [0.3, 0.4) is 0 Å². The lowest BCUT2D eigenvalue weighted by Crippen LogP contribution is -2.27. The quantitative estimate of drug-likeness (QED) is 0.630. The predicted octanol–water partition coefficient (Wildman–Crippen LogP) is 3.31. The van der Waals surface area contributed by atoms with E-state index in [2.05, 4.69) is 0 Å². The van der Waals surface area contributed by atoms with Gasteiger partial charge in [0.25, 0.3) is 0 Å². The Hall–Kier alpha value is -2.53. The molecule has 1 heterocycles. The maximum atomic E-state index is 12.3. The molecular formula is C18H16ClNO4. The second-order valence-corrected chi connectivity index (χ2v) is 5.87. The highest BCUT2D eigenvalue weighted by atomic mass is 35.5. The molecule has 0 aromatic heterocycles. The van der Waals surface area contributed by atoms with Crippen LogP contribution in [0, 0.1) is 5.92 Å². The van der Waals surface area contributed by atoms with Crippen molar-refractivity contribution in [2.45, 2.75) is 6.42 Å². The van der Waals surface area contributed by atoms with E-state index >= 15 is 0 Å². The summed E-state index contributed by atoms with van der Waals surface area (Å²) in [5.74, 6) is -0.148. The number of hydrogen-bond acceptors (Lipinski definition) is 4. The molecule has 1 amide bonds. The minimum Gasteiger partial charge on any atom is -0.497 e. The lowest BCUT2D eigenvalue weighted by molar-refractivity contribution is -0.139. The van der Waals surface area contributed by atoms with Crippen molar-refractivity contribution in [1.29, 1.82) is 0 Å². The molecule has 0 bridgehead atoms. The van der Waals surface area contributed by atoms with Gasteiger partial charge in [-0.15, -0.1) is 0 Å². The van der Waals surface area contributed by atoms with Gasteiger partial charge in [0, 0.05) is 24.7 Å². The molecule has 1 saturated heterocycles. The predicted molar refractivity (Wildman–Crippen MR) is 90.5 cm³/mol. The minimum absolute atomic E-state index is 0.112. The molecule has 5 nitrogen and oxygen atoms in total. The number of carbonyl (C=O) groups is 2. The Kier molecular flexibility index (Phi) is 4.71. The SMILES string of the molecule is COc1cccc(N2C[C@H](C(=O)Oc3ccccc3Cl)CC2=O)c1. The van der Waals surface area contributed by atoms with E-state index in [1.165, 1.54) is 0 Å². The molecule has 3 rings (SSSR count). The van der Waals surface area contributed by atoms with Crippen molar-refractivity contribution in [1.82, 2.24) is 0 Å². The van der Waals surface area contributed by atoms with E-state index in [0.29, 0.717) is 22.2 Å². The number of rotatable bonds is 4. The summed E-state index contributed by atoms with van der Waals surface area (Å²) in [4.78, 5) is 26.2. The van der Waals surface area contributed by atoms with Gasteiger partial charge in [0.1, 0.15) is 11.5 Å². The molecule has 1 fully saturated rings. The summed E-state index contributed by atoms with van der Waals surface area (Å²) in [5.41, 5.74) is 0.701. The molecule has 2 aromatic carbocycles. The molecule has 24 heavy (non-hydrogen) atoms. The molecule has 1 aliphatic heterocycles. The smallest absolute Gasteiger partial charge is 0.316 e. The average molecular weight is 346 g/mol. The highest BCUT2D eigenvalue weighted by Gasteiger charge is 2.36. The number of nitrogens with zero attached hydrogens (tertiary/aromatic N) is 1. The summed E-state index contributed by atoms with van der Waals surface area (Å²) in [6.07, 6.45) is 0.112. The number of benzene rings is 2. The molecule has 6 heteroatoms. The molecular weight excluding hydrogens is 330 g/mol. The Morgan fingerprint density at radius 3 is 2.75 bits per heavy atom. The van der Waals surface area contributed by atoms with Crippen LogP contribution in [0.5, 0.6) is 11.5 Å². The second-order valence-electron chi connectivity index (χ2n) is 5.46. The van der Waals surface area contributed by atoms with E-state index in [4.69, 9.17) is 21.1 Å². The number of anilines is 1. The summed E-state index contributed by atoms with van der Waals surface area (Å²) in [5, 5.41) is 0.361. The minimum atomic E-state index is -0.528. The van der Waals surface area contributed by atoms with Gasteiger partial charge in [-0.3, -0.25) is 9.59 Å². The van der Waals surface area contributed by atoms with Gasteiger partial charge < -0.3 is 14.4 Å². The highest BCUT2D eigenvalue weighted by Crippen LogP contribution is 2.30. The third-order valence-corrected chi connectivity index (χ3v) is 4.18. The number of carbonyl (C=O) groups excluding carboxylic acids is 2. The van der Waals surface area contributed by atoms with Crippen LogP contribution in [-0.4, -0.2) is 25.5 Å². The Morgan fingerprint density at radius 2 is 2.00 bits per heavy atom. The lowest BCUT2D eigenvalue weighted by Gasteiger charge is -2.17. The van der Waals surface area contributed by atoms with Gasteiger partial charge in [-0.25, -0.2) is 0 Å². The Labute approximate surface area is 144 Å². The molecule has 1 atom stereocenters. The normalized spacial score (nSPS) is 17.0. The first-order valence-corrected chi connectivity index (χ1v) is 7.87. The van der Waals surface area contributed by atoms with Gasteiger partial charge in [0.15, 0.2) is 0 Å². The van der Waals surface area contributed by atoms with Crippen molar-refractivity contribution in [3.63, 3.8) is 0 Å². The Bertz CT molecular complexity index is 777. The number of para-hydroxylation sites is 1. The summed E-state index contributed by atoms with van der Waals surface area (Å²) in [6, 6.07) is 13.9. The fourth-order valence-electron chi connectivity index (χ4n) is 2.61. The fourth-order valence-corrected chi connectivity index (χ4v) is 2.79. The largest absolute Gasteiger partial charge is 0.497 e. The van der Waals surface area contributed by atoms with Crippen LogP contribution in [0.4, 0.5) is 5.69 Å². The number of esters is 1. The van der Waals surface area contributed by atoms with Crippen molar-refractivity contribution in [3.05, 3.63) is 53.6 Å². The fraction of sp³-hybridized carbons (Fsp3) is 0.222. The maximum Gasteiger partial charge on any atom is 0.316 e. The molecule has 0 radical (unpaired) electrons. The van der Waals surface area contributed by atoms with Crippen LogP contribution in [0.1, 0.15) is 6.42 Å². The van der Waals surface area contributed by atoms with Crippen molar-refractivity contribution in [2.75, 3.05) is 18.6 Å². The third-order valence-electron chi connectivity index (χ3n) is 3.87. The number of methoxy groups -OCH3 is 1. The van der Waals surface area contributed by atoms with E-state index in [-0.39, 0.29) is 18.9 Å². The van der Waals surface area contributed by atoms with E-state index in [1.54, 1.807) is 54.5 Å². The number of halogens is 1. The number of amides is 1. The van der Waals surface area contributed by atoms with Crippen LogP contribution < -0.4 is 14.4 Å². The van der Waals surface area contributed by atoms with E-state index < -0.39 is 11.9 Å². The van der Waals surface area contributed by atoms with Crippen LogP contribution in [-0.2, 0) is 9.59 Å². The van der Waals surface area contributed by atoms with Crippen molar-refractivity contribution in [3.8, 4) is 11.5 Å². The van der Waals surface area contributed by atoms with Gasteiger partial charge in [0.05, 0.1) is 18.1 Å².